The van der Waals surface area contributed by atoms with Gasteiger partial charge in [-0.1, -0.05) is 30.3 Å². The van der Waals surface area contributed by atoms with Gasteiger partial charge in [0.25, 0.3) is 5.91 Å². The van der Waals surface area contributed by atoms with E-state index in [4.69, 9.17) is 9.47 Å². The Morgan fingerprint density at radius 3 is 2.33 bits per heavy atom. The van der Waals surface area contributed by atoms with Crippen molar-refractivity contribution >= 4 is 17.9 Å². The fraction of sp³-hybridized carbons (Fsp3) is 0.250. The van der Waals surface area contributed by atoms with Gasteiger partial charge in [-0.2, -0.15) is 0 Å². The molecular weight excluding hydrogens is 348 g/mol. The van der Waals surface area contributed by atoms with Crippen LogP contribution < -0.4 is 20.1 Å². The molecule has 1 aliphatic rings. The lowest BCUT2D eigenvalue weighted by Crippen LogP contribution is -2.43. The number of benzene rings is 2. The molecule has 27 heavy (non-hydrogen) atoms. The van der Waals surface area contributed by atoms with Crippen LogP contribution in [0.4, 0.5) is 4.79 Å². The maximum atomic E-state index is 11.8. The number of rotatable bonds is 7. The van der Waals surface area contributed by atoms with Crippen LogP contribution in [0.3, 0.4) is 0 Å². The van der Waals surface area contributed by atoms with Crippen LogP contribution in [0.25, 0.3) is 0 Å². The molecule has 0 bridgehead atoms. The fourth-order valence-corrected chi connectivity index (χ4v) is 2.69. The molecule has 140 valence electrons. The Morgan fingerprint density at radius 2 is 1.70 bits per heavy atom. The van der Waals surface area contributed by atoms with E-state index in [1.165, 1.54) is 0 Å². The molecule has 0 radical (unpaired) electrons. The smallest absolute Gasteiger partial charge is 0.349 e. The molecule has 1 saturated heterocycles. The first kappa shape index (κ1) is 18.4. The number of hydrogen-bond acceptors (Lipinski definition) is 5. The first-order valence-electron chi connectivity index (χ1n) is 8.56. The van der Waals surface area contributed by atoms with Gasteiger partial charge >= 0.3 is 12.0 Å². The highest BCUT2D eigenvalue weighted by Gasteiger charge is 2.41. The number of aryl methyl sites for hydroxylation is 1. The molecule has 7 nitrogen and oxygen atoms in total. The molecule has 3 rings (SSSR count). The van der Waals surface area contributed by atoms with Crippen LogP contribution >= 0.6 is 0 Å². The second-order valence-electron chi connectivity index (χ2n) is 6.46. The van der Waals surface area contributed by atoms with Crippen LogP contribution in [0.15, 0.2) is 54.6 Å². The second kappa shape index (κ2) is 7.90. The molecule has 2 aromatic carbocycles. The van der Waals surface area contributed by atoms with Crippen LogP contribution in [0.5, 0.6) is 11.5 Å². The molecule has 1 fully saturated rings. The number of carbonyl (C=O) groups excluding carboxylic acids is 3. The summed E-state index contributed by atoms with van der Waals surface area (Å²) in [5.74, 6) is 0.195. The summed E-state index contributed by atoms with van der Waals surface area (Å²) in [5, 5.41) is 4.87. The van der Waals surface area contributed by atoms with Crippen molar-refractivity contribution < 1.29 is 23.9 Å². The Labute approximate surface area is 156 Å². The fourth-order valence-electron chi connectivity index (χ4n) is 2.69. The molecule has 0 spiro atoms. The molecule has 0 saturated carbocycles. The molecule has 0 aliphatic carbocycles. The molecular formula is C20H20N2O5. The average molecular weight is 368 g/mol. The number of carbonyl (C=O) groups is 3. The van der Waals surface area contributed by atoms with Crippen molar-refractivity contribution in [2.45, 2.75) is 25.3 Å². The minimum atomic E-state index is -0.906. The van der Waals surface area contributed by atoms with Gasteiger partial charge in [0.15, 0.2) is 6.61 Å². The second-order valence-corrected chi connectivity index (χ2v) is 6.46. The number of hydrogen-bond donors (Lipinski definition) is 2. The summed E-state index contributed by atoms with van der Waals surface area (Å²) in [7, 11) is 0. The summed E-state index contributed by atoms with van der Waals surface area (Å²) < 4.78 is 10.6. The molecule has 0 unspecified atom stereocenters. The topological polar surface area (TPSA) is 93.7 Å². The number of imide groups is 1. The quantitative estimate of drug-likeness (QED) is 0.444. The van der Waals surface area contributed by atoms with Crippen LogP contribution in [-0.4, -0.2) is 30.1 Å². The first-order valence-corrected chi connectivity index (χ1v) is 8.56. The van der Waals surface area contributed by atoms with Crippen molar-refractivity contribution in [1.82, 2.24) is 10.6 Å². The van der Waals surface area contributed by atoms with E-state index < -0.39 is 17.5 Å². The highest BCUT2D eigenvalue weighted by atomic mass is 16.6. The van der Waals surface area contributed by atoms with E-state index in [9.17, 15) is 14.4 Å². The maximum Gasteiger partial charge on any atom is 0.349 e. The van der Waals surface area contributed by atoms with E-state index in [-0.39, 0.29) is 12.5 Å². The van der Waals surface area contributed by atoms with Crippen molar-refractivity contribution in [3.63, 3.8) is 0 Å². The summed E-state index contributed by atoms with van der Waals surface area (Å²) in [4.78, 5) is 34.9. The predicted octanol–water partition coefficient (Wildman–Crippen LogP) is 2.20. The molecule has 2 aromatic rings. The number of amides is 3. The summed E-state index contributed by atoms with van der Waals surface area (Å²) >= 11 is 0. The van der Waals surface area contributed by atoms with E-state index in [0.717, 1.165) is 5.56 Å². The van der Waals surface area contributed by atoms with E-state index in [0.29, 0.717) is 24.3 Å². The Bertz CT molecular complexity index is 835. The van der Waals surface area contributed by atoms with Gasteiger partial charge in [-0.25, -0.2) is 9.59 Å². The predicted molar refractivity (Wildman–Crippen MR) is 97.4 cm³/mol. The Balaban J connectivity index is 1.48. The lowest BCUT2D eigenvalue weighted by atomic mass is 9.93. The van der Waals surface area contributed by atoms with Gasteiger partial charge in [-0.05, 0) is 49.6 Å². The maximum absolute atomic E-state index is 11.8. The van der Waals surface area contributed by atoms with Crippen LogP contribution in [0, 0.1) is 0 Å². The first-order chi connectivity index (χ1) is 12.9. The van der Waals surface area contributed by atoms with Gasteiger partial charge < -0.3 is 14.8 Å². The lowest BCUT2D eigenvalue weighted by Gasteiger charge is -2.20. The summed E-state index contributed by atoms with van der Waals surface area (Å²) in [6.45, 7) is 1.51. The summed E-state index contributed by atoms with van der Waals surface area (Å²) in [5.41, 5.74) is 0.0577. The minimum Gasteiger partial charge on any atom is -0.482 e. The standard InChI is InChI=1S/C20H20N2O5/c1-20(18(24)21-19(25)22-20)12-11-14-7-9-16(10-8-14)27-17(23)13-26-15-5-3-2-4-6-15/h2-10H,11-13H2,1H3,(H2,21,22,24,25)/t20-/m1/s1. The summed E-state index contributed by atoms with van der Waals surface area (Å²) in [6, 6.07) is 15.6. The third kappa shape index (κ3) is 4.84. The lowest BCUT2D eigenvalue weighted by molar-refractivity contribution is -0.136. The third-order valence-electron chi connectivity index (χ3n) is 4.29. The number of ether oxygens (including phenoxy) is 2. The Morgan fingerprint density at radius 1 is 1.00 bits per heavy atom. The zero-order valence-electron chi connectivity index (χ0n) is 14.9. The van der Waals surface area contributed by atoms with E-state index in [1.54, 1.807) is 31.2 Å². The largest absolute Gasteiger partial charge is 0.482 e. The van der Waals surface area contributed by atoms with Gasteiger partial charge in [-0.15, -0.1) is 0 Å². The third-order valence-corrected chi connectivity index (χ3v) is 4.29. The molecule has 1 atom stereocenters. The van der Waals surface area contributed by atoms with Gasteiger partial charge in [0.1, 0.15) is 17.0 Å². The monoisotopic (exact) mass is 368 g/mol. The van der Waals surface area contributed by atoms with Crippen LogP contribution in [0.1, 0.15) is 18.9 Å². The summed E-state index contributed by atoms with van der Waals surface area (Å²) in [6.07, 6.45) is 1.06. The highest BCUT2D eigenvalue weighted by Crippen LogP contribution is 2.20. The molecule has 1 heterocycles. The van der Waals surface area contributed by atoms with E-state index in [1.807, 2.05) is 30.3 Å². The van der Waals surface area contributed by atoms with Crippen molar-refractivity contribution in [3.8, 4) is 11.5 Å². The normalized spacial score (nSPS) is 18.6. The SMILES string of the molecule is C[C@]1(CCc2ccc(OC(=O)COc3ccccc3)cc2)NC(=O)NC1=O. The minimum absolute atomic E-state index is 0.182. The number of esters is 1. The molecule has 1 aliphatic heterocycles. The Kier molecular flexibility index (Phi) is 5.40. The zero-order chi connectivity index (χ0) is 19.3. The van der Waals surface area contributed by atoms with Crippen molar-refractivity contribution in [1.29, 1.82) is 0 Å². The average Bonchev–Trinajstić information content (AvgIpc) is 2.92. The van der Waals surface area contributed by atoms with Crippen molar-refractivity contribution in [2.75, 3.05) is 6.61 Å². The molecule has 3 amide bonds. The van der Waals surface area contributed by atoms with E-state index >= 15 is 0 Å². The van der Waals surface area contributed by atoms with Gasteiger partial charge in [-0.3, -0.25) is 10.1 Å². The molecule has 2 N–H and O–H groups in total. The zero-order valence-corrected chi connectivity index (χ0v) is 14.9. The van der Waals surface area contributed by atoms with Gasteiger partial charge in [0, 0.05) is 0 Å². The van der Waals surface area contributed by atoms with Gasteiger partial charge in [0.2, 0.25) is 0 Å². The number of para-hydroxylation sites is 1. The van der Waals surface area contributed by atoms with Crippen molar-refractivity contribution in [2.24, 2.45) is 0 Å². The van der Waals surface area contributed by atoms with Crippen molar-refractivity contribution in [3.05, 3.63) is 60.2 Å². The van der Waals surface area contributed by atoms with Crippen LogP contribution in [-0.2, 0) is 16.0 Å². The number of nitrogens with one attached hydrogen (secondary N) is 2. The molecule has 7 heteroatoms. The number of urea groups is 1. The van der Waals surface area contributed by atoms with Crippen LogP contribution in [0.2, 0.25) is 0 Å². The van der Waals surface area contributed by atoms with Gasteiger partial charge in [0.05, 0.1) is 0 Å². The molecule has 0 aromatic heterocycles. The van der Waals surface area contributed by atoms with E-state index in [2.05, 4.69) is 10.6 Å². The highest BCUT2D eigenvalue weighted by molar-refractivity contribution is 6.06. The Hall–Kier alpha value is -3.35.